The molecule has 0 saturated carbocycles. The zero-order valence-corrected chi connectivity index (χ0v) is 13.9. The van der Waals surface area contributed by atoms with Crippen LogP contribution in [-0.4, -0.2) is 54.3 Å². The maximum absolute atomic E-state index is 12.0. The number of aryl methyl sites for hydroxylation is 1. The molecule has 1 aliphatic heterocycles. The van der Waals surface area contributed by atoms with Crippen LogP contribution in [0, 0.1) is 6.92 Å². The Hall–Kier alpha value is -1.40. The van der Waals surface area contributed by atoms with Crippen LogP contribution in [0.5, 0.6) is 0 Å². The van der Waals surface area contributed by atoms with Crippen LogP contribution in [0.15, 0.2) is 22.7 Å². The van der Waals surface area contributed by atoms with E-state index < -0.39 is 0 Å². The average Bonchev–Trinajstić information content (AvgIpc) is 2.43. The van der Waals surface area contributed by atoms with Crippen LogP contribution >= 0.6 is 15.9 Å². The lowest BCUT2D eigenvalue weighted by molar-refractivity contribution is -0.130. The van der Waals surface area contributed by atoms with E-state index in [2.05, 4.69) is 26.1 Å². The second-order valence-corrected chi connectivity index (χ2v) is 6.15. The van der Waals surface area contributed by atoms with E-state index in [0.717, 1.165) is 28.8 Å². The maximum Gasteiger partial charge on any atom is 0.238 e. The van der Waals surface area contributed by atoms with Gasteiger partial charge in [0.05, 0.1) is 6.54 Å². The molecule has 0 spiro atoms. The summed E-state index contributed by atoms with van der Waals surface area (Å²) in [5, 5.41) is 2.91. The van der Waals surface area contributed by atoms with Gasteiger partial charge in [0.2, 0.25) is 11.8 Å². The van der Waals surface area contributed by atoms with Crippen molar-refractivity contribution in [2.24, 2.45) is 0 Å². The summed E-state index contributed by atoms with van der Waals surface area (Å²) in [5.41, 5.74) is 1.89. The van der Waals surface area contributed by atoms with Gasteiger partial charge in [-0.2, -0.15) is 0 Å². The summed E-state index contributed by atoms with van der Waals surface area (Å²) in [6, 6.07) is 5.74. The van der Waals surface area contributed by atoms with E-state index in [9.17, 15) is 9.59 Å². The van der Waals surface area contributed by atoms with Gasteiger partial charge in [-0.1, -0.05) is 15.9 Å². The number of rotatable bonds is 3. The Balaban J connectivity index is 1.82. The molecule has 0 radical (unpaired) electrons. The van der Waals surface area contributed by atoms with E-state index in [0.29, 0.717) is 19.6 Å². The van der Waals surface area contributed by atoms with E-state index in [1.54, 1.807) is 6.92 Å². The van der Waals surface area contributed by atoms with Gasteiger partial charge in [-0.3, -0.25) is 14.5 Å². The third kappa shape index (κ3) is 4.54. The second kappa shape index (κ2) is 7.04. The van der Waals surface area contributed by atoms with Gasteiger partial charge in [-0.05, 0) is 30.7 Å². The number of hydrogen-bond donors (Lipinski definition) is 1. The molecule has 1 aromatic rings. The SMILES string of the molecule is CC(=O)N1CCN(CC(=O)Nc2ccc(Br)c(C)c2)CC1. The normalized spacial score (nSPS) is 15.9. The molecule has 114 valence electrons. The maximum atomic E-state index is 12.0. The molecule has 0 aliphatic carbocycles. The first-order chi connectivity index (χ1) is 9.95. The Morgan fingerprint density at radius 3 is 2.48 bits per heavy atom. The zero-order chi connectivity index (χ0) is 15.4. The molecule has 2 amide bonds. The van der Waals surface area contributed by atoms with Crippen molar-refractivity contribution < 1.29 is 9.59 Å². The Kier molecular flexibility index (Phi) is 5.36. The van der Waals surface area contributed by atoms with Crippen molar-refractivity contribution in [1.82, 2.24) is 9.80 Å². The fraction of sp³-hybridized carbons (Fsp3) is 0.467. The van der Waals surface area contributed by atoms with Gasteiger partial charge in [0, 0.05) is 43.3 Å². The van der Waals surface area contributed by atoms with E-state index >= 15 is 0 Å². The van der Waals surface area contributed by atoms with E-state index in [-0.39, 0.29) is 11.8 Å². The van der Waals surface area contributed by atoms with E-state index in [1.807, 2.05) is 30.0 Å². The number of piperazine rings is 1. The first-order valence-corrected chi connectivity index (χ1v) is 7.79. The molecule has 1 heterocycles. The number of carbonyl (C=O) groups excluding carboxylic acids is 2. The number of benzene rings is 1. The van der Waals surface area contributed by atoms with Crippen LogP contribution in [0.25, 0.3) is 0 Å². The third-order valence-electron chi connectivity index (χ3n) is 3.63. The van der Waals surface area contributed by atoms with Crippen molar-refractivity contribution in [3.8, 4) is 0 Å². The Labute approximate surface area is 133 Å². The topological polar surface area (TPSA) is 52.7 Å². The first kappa shape index (κ1) is 16.0. The number of anilines is 1. The molecule has 1 aromatic carbocycles. The molecule has 6 heteroatoms. The van der Waals surface area contributed by atoms with Gasteiger partial charge >= 0.3 is 0 Å². The number of halogens is 1. The molecule has 1 N–H and O–H groups in total. The third-order valence-corrected chi connectivity index (χ3v) is 4.52. The lowest BCUT2D eigenvalue weighted by atomic mass is 10.2. The summed E-state index contributed by atoms with van der Waals surface area (Å²) in [6.07, 6.45) is 0. The van der Waals surface area contributed by atoms with Gasteiger partial charge in [0.1, 0.15) is 0 Å². The summed E-state index contributed by atoms with van der Waals surface area (Å²) in [6.45, 7) is 6.80. The fourth-order valence-corrected chi connectivity index (χ4v) is 2.59. The van der Waals surface area contributed by atoms with Crippen LogP contribution in [0.2, 0.25) is 0 Å². The minimum absolute atomic E-state index is 0.0204. The van der Waals surface area contributed by atoms with E-state index in [1.165, 1.54) is 0 Å². The highest BCUT2D eigenvalue weighted by Gasteiger charge is 2.20. The lowest BCUT2D eigenvalue weighted by Gasteiger charge is -2.33. The van der Waals surface area contributed by atoms with Gasteiger partial charge < -0.3 is 10.2 Å². The number of carbonyl (C=O) groups is 2. The highest BCUT2D eigenvalue weighted by molar-refractivity contribution is 9.10. The molecule has 0 atom stereocenters. The Bertz CT molecular complexity index is 540. The molecule has 1 fully saturated rings. The highest BCUT2D eigenvalue weighted by atomic mass is 79.9. The van der Waals surface area contributed by atoms with Crippen LogP contribution in [0.4, 0.5) is 5.69 Å². The molecule has 0 aromatic heterocycles. The van der Waals surface area contributed by atoms with Crippen molar-refractivity contribution in [3.05, 3.63) is 28.2 Å². The summed E-state index contributed by atoms with van der Waals surface area (Å²) in [4.78, 5) is 27.2. The first-order valence-electron chi connectivity index (χ1n) is 6.99. The smallest absolute Gasteiger partial charge is 0.238 e. The molecule has 1 aliphatic rings. The number of amides is 2. The minimum atomic E-state index is -0.0204. The summed E-state index contributed by atoms with van der Waals surface area (Å²) in [7, 11) is 0. The quantitative estimate of drug-likeness (QED) is 0.902. The van der Waals surface area contributed by atoms with Crippen LogP contribution in [0.3, 0.4) is 0 Å². The summed E-state index contributed by atoms with van der Waals surface area (Å²) < 4.78 is 1.03. The minimum Gasteiger partial charge on any atom is -0.340 e. The predicted molar refractivity (Wildman–Crippen MR) is 86.2 cm³/mol. The molecule has 0 bridgehead atoms. The van der Waals surface area contributed by atoms with Crippen molar-refractivity contribution >= 4 is 33.4 Å². The lowest BCUT2D eigenvalue weighted by Crippen LogP contribution is -2.49. The molecule has 5 nitrogen and oxygen atoms in total. The monoisotopic (exact) mass is 353 g/mol. The molecular weight excluding hydrogens is 334 g/mol. The summed E-state index contributed by atoms with van der Waals surface area (Å²) >= 11 is 3.44. The van der Waals surface area contributed by atoms with Crippen molar-refractivity contribution in [2.75, 3.05) is 38.0 Å². The van der Waals surface area contributed by atoms with Crippen LogP contribution < -0.4 is 5.32 Å². The average molecular weight is 354 g/mol. The number of hydrogen-bond acceptors (Lipinski definition) is 3. The van der Waals surface area contributed by atoms with Crippen molar-refractivity contribution in [3.63, 3.8) is 0 Å². The van der Waals surface area contributed by atoms with Crippen LogP contribution in [-0.2, 0) is 9.59 Å². The predicted octanol–water partition coefficient (Wildman–Crippen LogP) is 1.86. The highest BCUT2D eigenvalue weighted by Crippen LogP contribution is 2.19. The molecule has 0 unspecified atom stereocenters. The molecule has 2 rings (SSSR count). The molecule has 1 saturated heterocycles. The van der Waals surface area contributed by atoms with Gasteiger partial charge in [0.25, 0.3) is 0 Å². The number of nitrogens with zero attached hydrogens (tertiary/aromatic N) is 2. The standard InChI is InChI=1S/C15H20BrN3O2/c1-11-9-13(3-4-14(11)16)17-15(21)10-18-5-7-19(8-6-18)12(2)20/h3-4,9H,5-8,10H2,1-2H3,(H,17,21). The molecular formula is C15H20BrN3O2. The largest absolute Gasteiger partial charge is 0.340 e. The second-order valence-electron chi connectivity index (χ2n) is 5.29. The Morgan fingerprint density at radius 1 is 1.24 bits per heavy atom. The van der Waals surface area contributed by atoms with Crippen molar-refractivity contribution in [2.45, 2.75) is 13.8 Å². The Morgan fingerprint density at radius 2 is 1.90 bits per heavy atom. The van der Waals surface area contributed by atoms with Crippen LogP contribution in [0.1, 0.15) is 12.5 Å². The van der Waals surface area contributed by atoms with Gasteiger partial charge in [-0.15, -0.1) is 0 Å². The van der Waals surface area contributed by atoms with Crippen molar-refractivity contribution in [1.29, 1.82) is 0 Å². The number of nitrogens with one attached hydrogen (secondary N) is 1. The zero-order valence-electron chi connectivity index (χ0n) is 12.4. The van der Waals surface area contributed by atoms with Gasteiger partial charge in [-0.25, -0.2) is 0 Å². The van der Waals surface area contributed by atoms with Gasteiger partial charge in [0.15, 0.2) is 0 Å². The fourth-order valence-electron chi connectivity index (χ4n) is 2.35. The molecule has 21 heavy (non-hydrogen) atoms. The van der Waals surface area contributed by atoms with E-state index in [4.69, 9.17) is 0 Å². The summed E-state index contributed by atoms with van der Waals surface area (Å²) in [5.74, 6) is 0.0810.